The monoisotopic (exact) mass is 764 g/mol. The molecule has 1 unspecified atom stereocenters. The molecule has 0 radical (unpaired) electrons. The maximum Gasteiger partial charge on any atom is 0.305 e. The first-order valence-electron chi connectivity index (χ1n) is 24.2. The molecule has 0 spiro atoms. The Morgan fingerprint density at radius 1 is 0.481 bits per heavy atom. The SMILES string of the molecule is CCCCCC(CCCCC)CCCOC(=O)CCCCCCCN(CCCCCCCC(=O)OCCCC(CCCCC)CCCCC)CCC1CO1. The molecule has 0 amide bonds. The van der Waals surface area contributed by atoms with Crippen LogP contribution in [0.5, 0.6) is 0 Å². The van der Waals surface area contributed by atoms with E-state index in [-0.39, 0.29) is 11.9 Å². The molecule has 0 N–H and O–H groups in total. The van der Waals surface area contributed by atoms with Crippen molar-refractivity contribution in [1.82, 2.24) is 4.90 Å². The molecule has 1 saturated heterocycles. The van der Waals surface area contributed by atoms with Crippen LogP contribution < -0.4 is 0 Å². The topological polar surface area (TPSA) is 68.4 Å². The van der Waals surface area contributed by atoms with Crippen molar-refractivity contribution in [3.63, 3.8) is 0 Å². The Kier molecular flexibility index (Phi) is 36.5. The zero-order valence-electron chi connectivity index (χ0n) is 36.8. The van der Waals surface area contributed by atoms with E-state index >= 15 is 0 Å². The van der Waals surface area contributed by atoms with Crippen LogP contribution in [0.4, 0.5) is 0 Å². The average molecular weight is 764 g/mol. The van der Waals surface area contributed by atoms with E-state index in [2.05, 4.69) is 32.6 Å². The maximum absolute atomic E-state index is 12.3. The fourth-order valence-electron chi connectivity index (χ4n) is 8.03. The lowest BCUT2D eigenvalue weighted by Gasteiger charge is -2.22. The van der Waals surface area contributed by atoms with Crippen molar-refractivity contribution in [1.29, 1.82) is 0 Å². The number of esters is 2. The predicted molar refractivity (Wildman–Crippen MR) is 230 cm³/mol. The molecule has 0 aliphatic carbocycles. The van der Waals surface area contributed by atoms with Gasteiger partial charge in [-0.05, 0) is 82.7 Å². The third kappa shape index (κ3) is 34.1. The van der Waals surface area contributed by atoms with Gasteiger partial charge in [0.1, 0.15) is 0 Å². The van der Waals surface area contributed by atoms with Crippen molar-refractivity contribution in [3.05, 3.63) is 0 Å². The molecule has 0 aromatic heterocycles. The van der Waals surface area contributed by atoms with E-state index in [0.29, 0.717) is 32.2 Å². The highest BCUT2D eigenvalue weighted by Crippen LogP contribution is 2.24. The van der Waals surface area contributed by atoms with Crippen molar-refractivity contribution in [2.24, 2.45) is 11.8 Å². The quantitative estimate of drug-likeness (QED) is 0.0350. The van der Waals surface area contributed by atoms with Crippen LogP contribution >= 0.6 is 0 Å². The number of carbonyl (C=O) groups is 2. The van der Waals surface area contributed by atoms with Gasteiger partial charge in [0.2, 0.25) is 0 Å². The van der Waals surface area contributed by atoms with E-state index in [0.717, 1.165) is 83.0 Å². The van der Waals surface area contributed by atoms with E-state index < -0.39 is 0 Å². The normalized spacial score (nSPS) is 14.1. The number of unbranched alkanes of at least 4 members (excludes halogenated alkanes) is 16. The highest BCUT2D eigenvalue weighted by molar-refractivity contribution is 5.69. The van der Waals surface area contributed by atoms with E-state index in [4.69, 9.17) is 14.2 Å². The standard InChI is InChI=1S/C48H93NO5/c1-5-9-19-29-44(30-20-10-6-2)33-27-41-52-47(50)35-23-15-13-17-25-38-49(40-37-46-43-54-46)39-26-18-14-16-24-36-48(51)53-42-28-34-45(31-21-11-7-3)32-22-12-8-4/h44-46H,5-43H2,1-4H3. The number of epoxide rings is 1. The van der Waals surface area contributed by atoms with Crippen LogP contribution in [0.2, 0.25) is 0 Å². The first-order chi connectivity index (χ1) is 26.5. The largest absolute Gasteiger partial charge is 0.466 e. The highest BCUT2D eigenvalue weighted by atomic mass is 16.6. The number of ether oxygens (including phenoxy) is 3. The van der Waals surface area contributed by atoms with E-state index in [1.807, 2.05) is 0 Å². The third-order valence-corrected chi connectivity index (χ3v) is 11.8. The van der Waals surface area contributed by atoms with Crippen LogP contribution in [0.15, 0.2) is 0 Å². The second kappa shape index (κ2) is 38.7. The average Bonchev–Trinajstić information content (AvgIpc) is 4.00. The van der Waals surface area contributed by atoms with Crippen LogP contribution in [0.25, 0.3) is 0 Å². The molecule has 1 heterocycles. The smallest absolute Gasteiger partial charge is 0.305 e. The van der Waals surface area contributed by atoms with Gasteiger partial charge in [0.05, 0.1) is 25.9 Å². The minimum absolute atomic E-state index is 0.00167. The molecule has 1 fully saturated rings. The number of rotatable bonds is 43. The summed E-state index contributed by atoms with van der Waals surface area (Å²) in [6.07, 6.45) is 40.0. The number of hydrogen-bond donors (Lipinski definition) is 0. The molecule has 6 nitrogen and oxygen atoms in total. The van der Waals surface area contributed by atoms with Gasteiger partial charge in [-0.15, -0.1) is 0 Å². The second-order valence-corrected chi connectivity index (χ2v) is 17.1. The summed E-state index contributed by atoms with van der Waals surface area (Å²) in [5, 5.41) is 0. The lowest BCUT2D eigenvalue weighted by atomic mass is 9.91. The summed E-state index contributed by atoms with van der Waals surface area (Å²) in [5.74, 6) is 1.63. The van der Waals surface area contributed by atoms with Gasteiger partial charge in [-0.1, -0.05) is 169 Å². The molecular weight excluding hydrogens is 671 g/mol. The first-order valence-corrected chi connectivity index (χ1v) is 24.2. The summed E-state index contributed by atoms with van der Waals surface area (Å²) in [5.41, 5.74) is 0. The van der Waals surface area contributed by atoms with Crippen LogP contribution in [0.1, 0.15) is 240 Å². The summed E-state index contributed by atoms with van der Waals surface area (Å²) in [6.45, 7) is 14.7. The number of nitrogens with zero attached hydrogens (tertiary/aromatic N) is 1. The Hall–Kier alpha value is -1.14. The minimum Gasteiger partial charge on any atom is -0.466 e. The fraction of sp³-hybridized carbons (Fsp3) is 0.958. The van der Waals surface area contributed by atoms with Crippen LogP contribution in [-0.2, 0) is 23.8 Å². The molecule has 1 aliphatic rings. The Morgan fingerprint density at radius 3 is 1.20 bits per heavy atom. The zero-order valence-corrected chi connectivity index (χ0v) is 36.8. The van der Waals surface area contributed by atoms with Gasteiger partial charge in [-0.2, -0.15) is 0 Å². The van der Waals surface area contributed by atoms with Gasteiger partial charge in [-0.3, -0.25) is 9.59 Å². The minimum atomic E-state index is 0.00167. The summed E-state index contributed by atoms with van der Waals surface area (Å²) >= 11 is 0. The van der Waals surface area contributed by atoms with Crippen LogP contribution in [0.3, 0.4) is 0 Å². The molecule has 0 aromatic rings. The van der Waals surface area contributed by atoms with Gasteiger partial charge in [0.15, 0.2) is 0 Å². The number of hydrogen-bond acceptors (Lipinski definition) is 6. The summed E-state index contributed by atoms with van der Waals surface area (Å²) in [6, 6.07) is 0. The van der Waals surface area contributed by atoms with Gasteiger partial charge in [-0.25, -0.2) is 0 Å². The van der Waals surface area contributed by atoms with Crippen molar-refractivity contribution >= 4 is 11.9 Å². The van der Waals surface area contributed by atoms with E-state index in [1.165, 1.54) is 154 Å². The Morgan fingerprint density at radius 2 is 0.833 bits per heavy atom. The third-order valence-electron chi connectivity index (χ3n) is 11.8. The Bertz CT molecular complexity index is 739. The van der Waals surface area contributed by atoms with Gasteiger partial charge in [0, 0.05) is 19.4 Å². The molecule has 1 rings (SSSR count). The van der Waals surface area contributed by atoms with Crippen molar-refractivity contribution in [2.45, 2.75) is 246 Å². The van der Waals surface area contributed by atoms with Crippen molar-refractivity contribution in [3.8, 4) is 0 Å². The maximum atomic E-state index is 12.3. The van der Waals surface area contributed by atoms with E-state index in [1.54, 1.807) is 0 Å². The van der Waals surface area contributed by atoms with E-state index in [9.17, 15) is 9.59 Å². The molecule has 6 heteroatoms. The molecule has 0 aromatic carbocycles. The summed E-state index contributed by atoms with van der Waals surface area (Å²) in [4.78, 5) is 27.3. The molecule has 0 saturated carbocycles. The Balaban J connectivity index is 2.08. The zero-order chi connectivity index (χ0) is 39.2. The molecule has 1 atom stereocenters. The summed E-state index contributed by atoms with van der Waals surface area (Å²) in [7, 11) is 0. The second-order valence-electron chi connectivity index (χ2n) is 17.1. The molecule has 54 heavy (non-hydrogen) atoms. The van der Waals surface area contributed by atoms with Crippen molar-refractivity contribution in [2.75, 3.05) is 39.5 Å². The molecule has 320 valence electrons. The first kappa shape index (κ1) is 50.9. The fourth-order valence-corrected chi connectivity index (χ4v) is 8.03. The van der Waals surface area contributed by atoms with Crippen molar-refractivity contribution < 1.29 is 23.8 Å². The Labute approximate surface area is 336 Å². The lowest BCUT2D eigenvalue weighted by Crippen LogP contribution is -2.28. The summed E-state index contributed by atoms with van der Waals surface area (Å²) < 4.78 is 16.7. The predicted octanol–water partition coefficient (Wildman–Crippen LogP) is 14.0. The molecule has 1 aliphatic heterocycles. The lowest BCUT2D eigenvalue weighted by molar-refractivity contribution is -0.144. The molecule has 0 bridgehead atoms. The number of carbonyl (C=O) groups excluding carboxylic acids is 2. The van der Waals surface area contributed by atoms with Gasteiger partial charge >= 0.3 is 11.9 Å². The van der Waals surface area contributed by atoms with Gasteiger partial charge in [0.25, 0.3) is 0 Å². The molecular formula is C48H93NO5. The van der Waals surface area contributed by atoms with Gasteiger partial charge < -0.3 is 19.1 Å². The van der Waals surface area contributed by atoms with Crippen LogP contribution in [-0.4, -0.2) is 62.4 Å². The highest BCUT2D eigenvalue weighted by Gasteiger charge is 2.22. The van der Waals surface area contributed by atoms with Crippen LogP contribution in [0, 0.1) is 11.8 Å².